The van der Waals surface area contributed by atoms with Crippen LogP contribution < -0.4 is 10.5 Å². The van der Waals surface area contributed by atoms with Crippen LogP contribution in [-0.2, 0) is 15.7 Å². The van der Waals surface area contributed by atoms with Crippen LogP contribution in [0.25, 0.3) is 11.4 Å². The smallest absolute Gasteiger partial charge is 0.419 e. The van der Waals surface area contributed by atoms with E-state index in [2.05, 4.69) is 15.1 Å². The number of aliphatic imine (C=N–C) groups is 1. The second kappa shape index (κ2) is 14.6. The average Bonchev–Trinajstić information content (AvgIpc) is 3.76. The Morgan fingerprint density at radius 2 is 1.88 bits per heavy atom. The summed E-state index contributed by atoms with van der Waals surface area (Å²) in [7, 11) is 0. The zero-order valence-corrected chi connectivity index (χ0v) is 23.1. The molecule has 1 aliphatic carbocycles. The van der Waals surface area contributed by atoms with Crippen LogP contribution in [0.2, 0.25) is 0 Å². The molecule has 1 atom stereocenters. The molecule has 0 bridgehead atoms. The van der Waals surface area contributed by atoms with Crippen molar-refractivity contribution >= 4 is 11.9 Å². The van der Waals surface area contributed by atoms with E-state index in [1.165, 1.54) is 44.2 Å². The number of nitrogens with zero attached hydrogens (tertiary/aromatic N) is 4. The molecule has 2 aliphatic heterocycles. The first-order valence-electron chi connectivity index (χ1n) is 14.3. The van der Waals surface area contributed by atoms with Crippen LogP contribution in [0.5, 0.6) is 5.75 Å². The second-order valence-corrected chi connectivity index (χ2v) is 10.5. The topological polar surface area (TPSA) is 136 Å². The number of aromatic nitrogens is 2. The number of likely N-dealkylation sites (tertiary alicyclic amines) is 1. The van der Waals surface area contributed by atoms with E-state index in [-0.39, 0.29) is 35.6 Å². The standard InChI is InChI=1S/C24H30F3N5O4.C4H8O/c25-24(26,27)17-13-16(8-9-19(17)35-12-10-15-5-2-1-3-6-15)21-30-22(36-31-21)18-7-4-11-32(18)23(28)29-20(34)14-33;1-2-4-5-3-1/h8-9,13,15,18,33H,1-7,10-12,14H2,(H2,28,29,34);1-4H2. The van der Waals surface area contributed by atoms with E-state index in [0.717, 1.165) is 38.5 Å². The van der Waals surface area contributed by atoms with Gasteiger partial charge in [-0.15, -0.1) is 0 Å². The first-order valence-corrected chi connectivity index (χ1v) is 14.3. The van der Waals surface area contributed by atoms with Crippen molar-refractivity contribution in [3.05, 3.63) is 29.7 Å². The lowest BCUT2D eigenvalue weighted by molar-refractivity contribution is -0.139. The summed E-state index contributed by atoms with van der Waals surface area (Å²) < 4.78 is 57.3. The molecule has 3 fully saturated rings. The minimum absolute atomic E-state index is 0.00181. The highest BCUT2D eigenvalue weighted by Gasteiger charge is 2.36. The van der Waals surface area contributed by atoms with Gasteiger partial charge in [0.1, 0.15) is 18.4 Å². The van der Waals surface area contributed by atoms with Crippen LogP contribution in [-0.4, -0.2) is 65.0 Å². The van der Waals surface area contributed by atoms with E-state index in [4.69, 9.17) is 24.8 Å². The summed E-state index contributed by atoms with van der Waals surface area (Å²) in [6.45, 7) is 1.94. The van der Waals surface area contributed by atoms with Crippen molar-refractivity contribution in [2.45, 2.75) is 76.4 Å². The van der Waals surface area contributed by atoms with Gasteiger partial charge in [0.05, 0.1) is 12.2 Å². The van der Waals surface area contributed by atoms with E-state index in [0.29, 0.717) is 25.3 Å². The van der Waals surface area contributed by atoms with Crippen molar-refractivity contribution in [3.8, 4) is 17.1 Å². The molecule has 5 rings (SSSR count). The highest BCUT2D eigenvalue weighted by atomic mass is 19.4. The number of nitrogens with two attached hydrogens (primary N) is 1. The van der Waals surface area contributed by atoms with Gasteiger partial charge in [-0.25, -0.2) is 0 Å². The summed E-state index contributed by atoms with van der Waals surface area (Å²) in [5.41, 5.74) is 5.13. The van der Waals surface area contributed by atoms with Crippen molar-refractivity contribution in [1.29, 1.82) is 0 Å². The average molecular weight is 582 g/mol. The van der Waals surface area contributed by atoms with Gasteiger partial charge in [-0.1, -0.05) is 37.3 Å². The van der Waals surface area contributed by atoms with Crippen LogP contribution in [0.15, 0.2) is 27.7 Å². The Morgan fingerprint density at radius 1 is 1.12 bits per heavy atom. The third-order valence-electron chi connectivity index (χ3n) is 7.53. The Balaban J connectivity index is 0.000000699. The Morgan fingerprint density at radius 3 is 2.54 bits per heavy atom. The number of ether oxygens (including phenoxy) is 2. The predicted molar refractivity (Wildman–Crippen MR) is 144 cm³/mol. The summed E-state index contributed by atoms with van der Waals surface area (Å²) in [5.74, 6) is -0.446. The molecule has 10 nitrogen and oxygen atoms in total. The molecule has 1 aromatic heterocycles. The number of halogens is 3. The highest BCUT2D eigenvalue weighted by molar-refractivity contribution is 5.93. The van der Waals surface area contributed by atoms with Gasteiger partial charge in [-0.05, 0) is 56.2 Å². The molecule has 2 saturated heterocycles. The van der Waals surface area contributed by atoms with E-state index >= 15 is 0 Å². The van der Waals surface area contributed by atoms with Gasteiger partial charge in [-0.3, -0.25) is 4.79 Å². The number of benzene rings is 1. The number of amides is 1. The van der Waals surface area contributed by atoms with Crippen LogP contribution in [0.1, 0.15) is 81.7 Å². The van der Waals surface area contributed by atoms with Crippen LogP contribution in [0.3, 0.4) is 0 Å². The summed E-state index contributed by atoms with van der Waals surface area (Å²) in [6.07, 6.45) is 5.71. The molecular formula is C28H38F3N5O5. The molecule has 3 N–H and O–H groups in total. The Hall–Kier alpha value is -3.19. The molecule has 1 aromatic carbocycles. The minimum atomic E-state index is -4.62. The van der Waals surface area contributed by atoms with Gasteiger partial charge >= 0.3 is 6.18 Å². The molecule has 2 aromatic rings. The van der Waals surface area contributed by atoms with Crippen molar-refractivity contribution in [2.24, 2.45) is 16.6 Å². The number of aliphatic hydroxyl groups excluding tert-OH is 1. The SMILES string of the molecule is C1CCOC1.NC(=NC(=O)CO)N1CCCC1c1nc(-c2ccc(OCCC3CCCCC3)c(C(F)(F)F)c2)no1. The highest BCUT2D eigenvalue weighted by Crippen LogP contribution is 2.39. The first kappa shape index (κ1) is 30.8. The van der Waals surface area contributed by atoms with Crippen molar-refractivity contribution < 1.29 is 37.1 Å². The Kier molecular flexibility index (Phi) is 11.0. The molecule has 1 amide bonds. The number of alkyl halides is 3. The van der Waals surface area contributed by atoms with Crippen molar-refractivity contribution in [1.82, 2.24) is 15.0 Å². The van der Waals surface area contributed by atoms with E-state index in [1.807, 2.05) is 0 Å². The lowest BCUT2D eigenvalue weighted by Gasteiger charge is -2.22. The van der Waals surface area contributed by atoms with Gasteiger partial charge in [0.15, 0.2) is 5.96 Å². The quantitative estimate of drug-likeness (QED) is 0.347. The lowest BCUT2D eigenvalue weighted by Crippen LogP contribution is -2.37. The number of hydrogen-bond acceptors (Lipinski definition) is 7. The molecule has 0 radical (unpaired) electrons. The maximum Gasteiger partial charge on any atom is 0.419 e. The van der Waals surface area contributed by atoms with E-state index in [9.17, 15) is 18.0 Å². The number of hydrogen-bond donors (Lipinski definition) is 2. The fraction of sp³-hybridized carbons (Fsp3) is 0.643. The molecular weight excluding hydrogens is 543 g/mol. The minimum Gasteiger partial charge on any atom is -0.493 e. The molecule has 0 spiro atoms. The zero-order valence-electron chi connectivity index (χ0n) is 23.1. The Bertz CT molecular complexity index is 1150. The summed E-state index contributed by atoms with van der Waals surface area (Å²) in [5, 5.41) is 12.8. The van der Waals surface area contributed by atoms with Gasteiger partial charge in [-0.2, -0.15) is 23.1 Å². The molecule has 3 aliphatic rings. The van der Waals surface area contributed by atoms with Gasteiger partial charge < -0.3 is 29.7 Å². The number of carbonyl (C=O) groups is 1. The summed E-state index contributed by atoms with van der Waals surface area (Å²) in [4.78, 5) is 20.9. The van der Waals surface area contributed by atoms with Crippen LogP contribution in [0, 0.1) is 5.92 Å². The molecule has 13 heteroatoms. The number of aliphatic hydroxyl groups is 1. The molecule has 3 heterocycles. The molecule has 1 saturated carbocycles. The first-order chi connectivity index (χ1) is 19.8. The fourth-order valence-electron chi connectivity index (χ4n) is 5.35. The molecule has 1 unspecified atom stereocenters. The van der Waals surface area contributed by atoms with Crippen molar-refractivity contribution in [2.75, 3.05) is 33.0 Å². The monoisotopic (exact) mass is 581 g/mol. The third-order valence-corrected chi connectivity index (χ3v) is 7.53. The maximum atomic E-state index is 13.8. The fourth-order valence-corrected chi connectivity index (χ4v) is 5.35. The van der Waals surface area contributed by atoms with E-state index < -0.39 is 30.3 Å². The predicted octanol–water partition coefficient (Wildman–Crippen LogP) is 4.87. The zero-order chi connectivity index (χ0) is 29.2. The number of guanidine groups is 1. The van der Waals surface area contributed by atoms with Crippen LogP contribution >= 0.6 is 0 Å². The van der Waals surface area contributed by atoms with Gasteiger partial charge in [0.2, 0.25) is 11.7 Å². The number of rotatable bonds is 7. The molecule has 41 heavy (non-hydrogen) atoms. The third kappa shape index (κ3) is 8.65. The summed E-state index contributed by atoms with van der Waals surface area (Å²) in [6, 6.07) is 3.25. The summed E-state index contributed by atoms with van der Waals surface area (Å²) >= 11 is 0. The van der Waals surface area contributed by atoms with E-state index in [1.54, 1.807) is 4.90 Å². The van der Waals surface area contributed by atoms with Crippen LogP contribution in [0.4, 0.5) is 13.2 Å². The van der Waals surface area contributed by atoms with Gasteiger partial charge in [0, 0.05) is 25.3 Å². The second-order valence-electron chi connectivity index (χ2n) is 10.5. The normalized spacial score (nSPS) is 20.1. The Labute approximate surface area is 237 Å². The maximum absolute atomic E-state index is 13.8. The van der Waals surface area contributed by atoms with Gasteiger partial charge in [0.25, 0.3) is 5.91 Å². The largest absolute Gasteiger partial charge is 0.493 e. The number of carbonyl (C=O) groups excluding carboxylic acids is 1. The van der Waals surface area contributed by atoms with Crippen molar-refractivity contribution in [3.63, 3.8) is 0 Å². The molecule has 226 valence electrons. The lowest BCUT2D eigenvalue weighted by atomic mass is 9.87.